The van der Waals surface area contributed by atoms with E-state index in [1.807, 2.05) is 0 Å². The number of ether oxygens (including phenoxy) is 2. The molecular weight excluding hydrogens is 428 g/mol. The summed E-state index contributed by atoms with van der Waals surface area (Å²) in [5.41, 5.74) is 4.26. The zero-order chi connectivity index (χ0) is 25.1. The molecule has 34 heavy (non-hydrogen) atoms. The zero-order valence-corrected chi connectivity index (χ0v) is 22.0. The number of methoxy groups -OCH3 is 1. The number of pyridine rings is 1. The molecule has 1 heterocycles. The van der Waals surface area contributed by atoms with Gasteiger partial charge < -0.3 is 19.7 Å². The van der Waals surface area contributed by atoms with Crippen LogP contribution in [0.15, 0.2) is 30.5 Å². The Kier molecular flexibility index (Phi) is 11.3. The van der Waals surface area contributed by atoms with Gasteiger partial charge in [0.25, 0.3) is 5.91 Å². The van der Waals surface area contributed by atoms with Gasteiger partial charge in [0.15, 0.2) is 0 Å². The molecule has 2 aromatic rings. The first-order valence-corrected chi connectivity index (χ1v) is 12.1. The molecule has 1 aromatic heterocycles. The molecule has 0 fully saturated rings. The summed E-state index contributed by atoms with van der Waals surface area (Å²) >= 11 is 0. The van der Waals surface area contributed by atoms with Crippen molar-refractivity contribution in [3.8, 4) is 11.6 Å². The number of carbonyl (C=O) groups is 1. The quantitative estimate of drug-likeness (QED) is 0.417. The van der Waals surface area contributed by atoms with Gasteiger partial charge in [-0.05, 0) is 103 Å². The highest BCUT2D eigenvalue weighted by molar-refractivity contribution is 5.96. The molecule has 0 aliphatic heterocycles. The van der Waals surface area contributed by atoms with Gasteiger partial charge in [-0.1, -0.05) is 6.07 Å². The number of hydrogen-bond acceptors (Lipinski definition) is 6. The third-order valence-corrected chi connectivity index (χ3v) is 6.33. The summed E-state index contributed by atoms with van der Waals surface area (Å²) in [6.45, 7) is 9.84. The van der Waals surface area contributed by atoms with Crippen molar-refractivity contribution in [2.24, 2.45) is 0 Å². The minimum absolute atomic E-state index is 0.163. The second kappa shape index (κ2) is 13.9. The molecule has 0 saturated heterocycles. The van der Waals surface area contributed by atoms with E-state index in [9.17, 15) is 4.79 Å². The van der Waals surface area contributed by atoms with E-state index in [-0.39, 0.29) is 11.9 Å². The van der Waals surface area contributed by atoms with Crippen LogP contribution in [0.25, 0.3) is 0 Å². The van der Waals surface area contributed by atoms with Gasteiger partial charge in [-0.3, -0.25) is 9.69 Å². The van der Waals surface area contributed by atoms with E-state index in [0.717, 1.165) is 44.7 Å². The molecule has 0 spiro atoms. The van der Waals surface area contributed by atoms with Crippen LogP contribution in [0.3, 0.4) is 0 Å². The van der Waals surface area contributed by atoms with Crippen molar-refractivity contribution >= 4 is 5.91 Å². The molecule has 0 aliphatic carbocycles. The molecule has 1 aromatic carbocycles. The predicted molar refractivity (Wildman–Crippen MR) is 138 cm³/mol. The summed E-state index contributed by atoms with van der Waals surface area (Å²) < 4.78 is 11.2. The van der Waals surface area contributed by atoms with Gasteiger partial charge in [0.2, 0.25) is 5.88 Å². The molecule has 1 unspecified atom stereocenters. The normalized spacial score (nSPS) is 12.1. The Bertz CT molecular complexity index is 917. The Morgan fingerprint density at radius 3 is 2.53 bits per heavy atom. The highest BCUT2D eigenvalue weighted by atomic mass is 16.5. The van der Waals surface area contributed by atoms with E-state index in [4.69, 9.17) is 9.47 Å². The van der Waals surface area contributed by atoms with Gasteiger partial charge in [-0.2, -0.15) is 0 Å². The molecule has 0 aliphatic rings. The molecule has 0 saturated carbocycles. The third kappa shape index (κ3) is 7.99. The molecule has 1 amide bonds. The van der Waals surface area contributed by atoms with E-state index < -0.39 is 0 Å². The Balaban J connectivity index is 1.83. The molecular formula is C27H42N4O3. The van der Waals surface area contributed by atoms with Crippen LogP contribution >= 0.6 is 0 Å². The van der Waals surface area contributed by atoms with E-state index >= 15 is 0 Å². The van der Waals surface area contributed by atoms with Crippen LogP contribution < -0.4 is 14.8 Å². The van der Waals surface area contributed by atoms with Gasteiger partial charge in [0.05, 0.1) is 13.7 Å². The van der Waals surface area contributed by atoms with Crippen LogP contribution in [-0.4, -0.2) is 75.2 Å². The molecule has 7 heteroatoms. The average molecular weight is 471 g/mol. The summed E-state index contributed by atoms with van der Waals surface area (Å²) in [5, 5.41) is 2.97. The lowest BCUT2D eigenvalue weighted by Gasteiger charge is -2.27. The molecule has 1 N–H and O–H groups in total. The number of amides is 1. The number of nitrogens with zero attached hydrogens (tertiary/aromatic N) is 3. The molecule has 1 atom stereocenters. The number of rotatable bonds is 14. The standard InChI is InChI=1S/C27H42N4O3/c1-20-21(2)25(34-19-9-8-17-30(4)5)14-13-23(20)22(3)31(6)18-11-16-28-26(32)24-12-10-15-29-27(24)33-7/h10,12-15,22H,8-9,11,16-19H2,1-7H3,(H,28,32). The number of hydrogen-bond donors (Lipinski definition) is 1. The number of unbranched alkanes of at least 4 members (excludes halogenated alkanes) is 1. The first-order chi connectivity index (χ1) is 16.3. The number of aromatic nitrogens is 1. The Morgan fingerprint density at radius 1 is 1.06 bits per heavy atom. The Hall–Kier alpha value is -2.64. The second-order valence-corrected chi connectivity index (χ2v) is 9.09. The van der Waals surface area contributed by atoms with Crippen molar-refractivity contribution < 1.29 is 14.3 Å². The lowest BCUT2D eigenvalue weighted by Crippen LogP contribution is -2.30. The maximum absolute atomic E-state index is 12.4. The topological polar surface area (TPSA) is 66.9 Å². The van der Waals surface area contributed by atoms with Crippen LogP contribution in [0.1, 0.15) is 59.3 Å². The second-order valence-electron chi connectivity index (χ2n) is 9.09. The maximum Gasteiger partial charge on any atom is 0.256 e. The molecule has 188 valence electrons. The minimum atomic E-state index is -0.163. The maximum atomic E-state index is 12.4. The summed E-state index contributed by atoms with van der Waals surface area (Å²) in [4.78, 5) is 21.0. The van der Waals surface area contributed by atoms with Gasteiger partial charge in [0, 0.05) is 25.3 Å². The minimum Gasteiger partial charge on any atom is -0.493 e. The van der Waals surface area contributed by atoms with Gasteiger partial charge in [-0.25, -0.2) is 4.98 Å². The first kappa shape index (κ1) is 27.6. The fourth-order valence-corrected chi connectivity index (χ4v) is 3.92. The molecule has 0 bridgehead atoms. The summed E-state index contributed by atoms with van der Waals surface area (Å²) in [6.07, 6.45) is 4.66. The van der Waals surface area contributed by atoms with Crippen molar-refractivity contribution in [3.05, 3.63) is 52.7 Å². The summed E-state index contributed by atoms with van der Waals surface area (Å²) in [6, 6.07) is 8.02. The van der Waals surface area contributed by atoms with Gasteiger partial charge in [-0.15, -0.1) is 0 Å². The number of carbonyl (C=O) groups excluding carboxylic acids is 1. The molecule has 7 nitrogen and oxygen atoms in total. The van der Waals surface area contributed by atoms with Crippen molar-refractivity contribution in [3.63, 3.8) is 0 Å². The lowest BCUT2D eigenvalue weighted by molar-refractivity contribution is 0.0947. The van der Waals surface area contributed by atoms with Crippen LogP contribution in [-0.2, 0) is 0 Å². The fraction of sp³-hybridized carbons (Fsp3) is 0.556. The predicted octanol–water partition coefficient (Wildman–Crippen LogP) is 4.24. The monoisotopic (exact) mass is 470 g/mol. The van der Waals surface area contributed by atoms with Crippen LogP contribution in [0.2, 0.25) is 0 Å². The van der Waals surface area contributed by atoms with Crippen molar-refractivity contribution in [1.82, 2.24) is 20.1 Å². The fourth-order valence-electron chi connectivity index (χ4n) is 3.92. The van der Waals surface area contributed by atoms with E-state index in [0.29, 0.717) is 18.0 Å². The smallest absolute Gasteiger partial charge is 0.256 e. The molecule has 2 rings (SSSR count). The number of nitrogens with one attached hydrogen (secondary N) is 1. The lowest BCUT2D eigenvalue weighted by atomic mass is 9.96. The van der Waals surface area contributed by atoms with E-state index in [1.54, 1.807) is 18.3 Å². The Labute approximate surface area is 205 Å². The van der Waals surface area contributed by atoms with Crippen molar-refractivity contribution in [1.29, 1.82) is 0 Å². The average Bonchev–Trinajstić information content (AvgIpc) is 2.83. The Morgan fingerprint density at radius 2 is 1.82 bits per heavy atom. The van der Waals surface area contributed by atoms with Crippen LogP contribution in [0.4, 0.5) is 0 Å². The molecule has 0 radical (unpaired) electrons. The van der Waals surface area contributed by atoms with Gasteiger partial charge >= 0.3 is 0 Å². The van der Waals surface area contributed by atoms with Crippen LogP contribution in [0.5, 0.6) is 11.6 Å². The van der Waals surface area contributed by atoms with Crippen LogP contribution in [0, 0.1) is 13.8 Å². The first-order valence-electron chi connectivity index (χ1n) is 12.1. The third-order valence-electron chi connectivity index (χ3n) is 6.33. The zero-order valence-electron chi connectivity index (χ0n) is 22.0. The van der Waals surface area contributed by atoms with Gasteiger partial charge in [0.1, 0.15) is 11.3 Å². The van der Waals surface area contributed by atoms with Crippen molar-refractivity contribution in [2.75, 3.05) is 54.5 Å². The largest absolute Gasteiger partial charge is 0.493 e. The summed E-state index contributed by atoms with van der Waals surface area (Å²) in [7, 11) is 7.84. The summed E-state index contributed by atoms with van der Waals surface area (Å²) in [5.74, 6) is 1.16. The number of benzene rings is 1. The SMILES string of the molecule is COc1ncccc1C(=O)NCCCN(C)C(C)c1ccc(OCCCCN(C)C)c(C)c1C. The highest BCUT2D eigenvalue weighted by Gasteiger charge is 2.17. The van der Waals surface area contributed by atoms with E-state index in [1.165, 1.54) is 23.8 Å². The van der Waals surface area contributed by atoms with E-state index in [2.05, 4.69) is 74.1 Å². The highest BCUT2D eigenvalue weighted by Crippen LogP contribution is 2.30. The van der Waals surface area contributed by atoms with Crippen molar-refractivity contribution in [2.45, 2.75) is 46.1 Å².